The van der Waals surface area contributed by atoms with Gasteiger partial charge in [-0.05, 0) is 101 Å². The summed E-state index contributed by atoms with van der Waals surface area (Å²) in [6, 6.07) is 3.04. The van der Waals surface area contributed by atoms with Crippen LogP contribution in [0.3, 0.4) is 0 Å². The molecule has 0 spiro atoms. The quantitative estimate of drug-likeness (QED) is 0.0561. The van der Waals surface area contributed by atoms with Crippen molar-refractivity contribution in [2.45, 2.75) is 190 Å². The summed E-state index contributed by atoms with van der Waals surface area (Å²) < 4.78 is 74.6. The van der Waals surface area contributed by atoms with Gasteiger partial charge in [0.25, 0.3) is 0 Å². The molecule has 24 nitrogen and oxygen atoms in total. The van der Waals surface area contributed by atoms with Crippen molar-refractivity contribution in [3.8, 4) is 0 Å². The maximum atomic E-state index is 14.3. The maximum Gasteiger partial charge on any atom is 1.00 e. The summed E-state index contributed by atoms with van der Waals surface area (Å²) in [6.07, 6.45) is 17.2. The van der Waals surface area contributed by atoms with Crippen molar-refractivity contribution in [1.29, 1.82) is 0 Å². The molecule has 5 aliphatic heterocycles. The normalized spacial score (nSPS) is 31.7. The molecule has 10 atom stereocenters. The number of amides is 5. The number of ketones is 2. The molecule has 4 aliphatic carbocycles. The second kappa shape index (κ2) is 27.9. The number of nitrogens with zero attached hydrogens (tertiary/aromatic N) is 6. The molecule has 0 bridgehead atoms. The summed E-state index contributed by atoms with van der Waals surface area (Å²) in [5.41, 5.74) is 9.56. The minimum atomic E-state index is -3.80. The van der Waals surface area contributed by atoms with Crippen LogP contribution in [0.1, 0.15) is 153 Å². The summed E-state index contributed by atoms with van der Waals surface area (Å²) in [5, 5.41) is 13.4. The molecule has 450 valence electrons. The molecule has 2 saturated heterocycles. The number of allylic oxidation sites excluding steroid dienone is 4. The van der Waals surface area contributed by atoms with Crippen molar-refractivity contribution in [2.75, 3.05) is 13.1 Å². The van der Waals surface area contributed by atoms with Crippen LogP contribution < -0.4 is 50.1 Å². The number of aliphatic hydroxyl groups is 1. The fourth-order valence-corrected chi connectivity index (χ4v) is 15.0. The van der Waals surface area contributed by atoms with Gasteiger partial charge in [-0.3, -0.25) is 48.3 Å². The van der Waals surface area contributed by atoms with Crippen molar-refractivity contribution in [2.24, 2.45) is 45.0 Å². The van der Waals surface area contributed by atoms with Gasteiger partial charge in [0.2, 0.25) is 43.7 Å². The van der Waals surface area contributed by atoms with Crippen LogP contribution in [-0.2, 0) is 66.6 Å². The summed E-state index contributed by atoms with van der Waals surface area (Å²) in [5.74, 6) is -3.64. The number of sulfonamides is 2. The molecule has 6 fully saturated rings. The molecule has 5 N–H and O–H groups in total. The van der Waals surface area contributed by atoms with Gasteiger partial charge < -0.3 is 30.7 Å². The number of hydrazine groups is 1. The van der Waals surface area contributed by atoms with Crippen LogP contribution in [0.15, 0.2) is 53.0 Å². The van der Waals surface area contributed by atoms with E-state index in [1.807, 2.05) is 38.2 Å². The third-order valence-electron chi connectivity index (χ3n) is 17.6. The number of carbonyl (C=O) groups excluding carboxylic acids is 7. The van der Waals surface area contributed by atoms with E-state index in [4.69, 9.17) is 15.2 Å². The van der Waals surface area contributed by atoms with Crippen molar-refractivity contribution < 1.29 is 94.2 Å². The van der Waals surface area contributed by atoms with Gasteiger partial charge in [-0.15, -0.1) is 4.91 Å². The first kappa shape index (κ1) is 65.3. The Morgan fingerprint density at radius 2 is 1.22 bits per heavy atom. The summed E-state index contributed by atoms with van der Waals surface area (Å²) in [4.78, 5) is 107. The third kappa shape index (κ3) is 16.0. The Kier molecular flexibility index (Phi) is 21.9. The Morgan fingerprint density at radius 3 is 1.69 bits per heavy atom. The van der Waals surface area contributed by atoms with Crippen LogP contribution >= 0.6 is 0 Å². The van der Waals surface area contributed by atoms with E-state index in [1.54, 1.807) is 23.2 Å². The van der Waals surface area contributed by atoms with Gasteiger partial charge in [-0.2, -0.15) is 0 Å². The van der Waals surface area contributed by atoms with E-state index in [0.717, 1.165) is 57.8 Å². The van der Waals surface area contributed by atoms with E-state index in [1.165, 1.54) is 20.8 Å². The number of hydrogen-bond acceptors (Lipinski definition) is 16. The average molecular weight is 1210 g/mol. The maximum absolute atomic E-state index is 14.3. The van der Waals surface area contributed by atoms with Gasteiger partial charge in [0.15, 0.2) is 11.6 Å². The Hall–Kier alpha value is -5.22. The fourth-order valence-electron chi connectivity index (χ4n) is 12.2. The van der Waals surface area contributed by atoms with Crippen LogP contribution in [0.5, 0.6) is 0 Å². The number of nitroso groups, excluding NO2 is 1. The van der Waals surface area contributed by atoms with Gasteiger partial charge in [0, 0.05) is 56.2 Å². The molecule has 9 aliphatic rings. The molecule has 83 heavy (non-hydrogen) atoms. The summed E-state index contributed by atoms with van der Waals surface area (Å²) in [7, 11) is -7.51. The predicted molar refractivity (Wildman–Crippen MR) is 293 cm³/mol. The molecule has 0 radical (unpaired) electrons. The van der Waals surface area contributed by atoms with E-state index in [2.05, 4.69) is 20.0 Å². The molecule has 1 aromatic carbocycles. The third-order valence-corrected chi connectivity index (χ3v) is 21.2. The van der Waals surface area contributed by atoms with E-state index in [9.17, 15) is 59.9 Å². The number of nitrogens with one attached hydrogen (secondary N) is 4. The zero-order valence-corrected chi connectivity index (χ0v) is 51.1. The molecule has 5 amide bonds. The molecule has 5 heterocycles. The smallest absolute Gasteiger partial charge is 0.444 e. The molecule has 1 aromatic rings. The number of benzene rings is 1. The molecule has 4 saturated carbocycles. The minimum Gasteiger partial charge on any atom is -0.444 e. The molecule has 10 rings (SSSR count). The van der Waals surface area contributed by atoms with Crippen molar-refractivity contribution >= 4 is 61.3 Å². The zero-order chi connectivity index (χ0) is 59.1. The molecule has 0 unspecified atom stereocenters. The van der Waals surface area contributed by atoms with Crippen LogP contribution in [0.2, 0.25) is 0 Å². The van der Waals surface area contributed by atoms with Crippen molar-refractivity contribution in [1.82, 2.24) is 35.2 Å². The average Bonchev–Trinajstić information content (AvgIpc) is 2.12. The Morgan fingerprint density at radius 1 is 0.711 bits per heavy atom. The second-order valence-electron chi connectivity index (χ2n) is 23.8. The predicted octanol–water partition coefficient (Wildman–Crippen LogP) is 2.36. The molecule has 28 heteroatoms. The largest absolute Gasteiger partial charge is 1.00 e. The number of hydrogen-bond donors (Lipinski definition) is 5. The van der Waals surface area contributed by atoms with Crippen LogP contribution in [0.4, 0.5) is 9.18 Å². The standard InChI is InChI=1S/C32H40FN3O7S.C23H34N2O6S.H2N5O.Na/c1-20-8-5-3-2-4-6-10-22-15-32(22,30(39)34-44(41,42)24-12-13-24)16-28(37)27-14-23(18-36(27)29(20)38)43-31(40)35-17-21-9-7-11-26(33)25(21)19-35;1-15-7-5-3-2-4-6-8-16-12-23(16,22(29)24-32(30,31)18-9-10-18)13-20(27)19-11-17(26)14-25(19)21(15)28;1-2-3-4-5-6;/h6-7,9-11,20,22-24,27H,2-5,8,12-19H2,1H3,(H,34,39);6,8,15-19,26H,2-5,7,9-14H2,1H3,(H,24,29);(H2-,1,2,3,4,5,6);/q;;-1;+1/b10-6-;8-6-;;/t20-,22+,23+,27-,32+;15-,16+,17+,19-,23+;;/m00../s1. The van der Waals surface area contributed by atoms with E-state index >= 15 is 0 Å². The Bertz CT molecular complexity index is 2920. The number of aliphatic hydroxyl groups excluding tert-OH is 1. The summed E-state index contributed by atoms with van der Waals surface area (Å²) >= 11 is 0. The second-order valence-corrected chi connectivity index (χ2v) is 27.7. The van der Waals surface area contributed by atoms with E-state index in [0.29, 0.717) is 56.1 Å². The Labute approximate surface area is 505 Å². The first-order valence-corrected chi connectivity index (χ1v) is 31.8. The number of Topliss-reactive ketones (excluding diaryl/α,β-unsaturated/α-hetero) is 2. The van der Waals surface area contributed by atoms with Crippen LogP contribution in [0.25, 0.3) is 5.53 Å². The first-order valence-electron chi connectivity index (χ1n) is 28.7. The van der Waals surface area contributed by atoms with Gasteiger partial charge >= 0.3 is 35.7 Å². The van der Waals surface area contributed by atoms with Crippen molar-refractivity contribution in [3.63, 3.8) is 0 Å². The van der Waals surface area contributed by atoms with Gasteiger partial charge in [-0.25, -0.2) is 31.6 Å². The monoisotopic (exact) mass is 1210 g/mol. The van der Waals surface area contributed by atoms with Crippen LogP contribution in [-0.4, -0.2) is 126 Å². The first-order chi connectivity index (χ1) is 39.0. The van der Waals surface area contributed by atoms with Gasteiger partial charge in [0.05, 0.1) is 57.9 Å². The summed E-state index contributed by atoms with van der Waals surface area (Å²) in [6.45, 7) is 4.15. The van der Waals surface area contributed by atoms with Crippen LogP contribution in [0, 0.1) is 45.2 Å². The minimum absolute atomic E-state index is 0. The van der Waals surface area contributed by atoms with E-state index < -0.39 is 83.6 Å². The van der Waals surface area contributed by atoms with Crippen molar-refractivity contribution in [3.05, 3.63) is 69.9 Å². The van der Waals surface area contributed by atoms with E-state index in [-0.39, 0.29) is 134 Å². The SMILES string of the molecule is C[C@H]1CCCCC/C=C\[C@@H]2C[C@@]2(C(=O)NS(=O)(=O)C2CC2)CC(=O)[C@@H]2C[C@@H](O)CN2C1=O.C[C@H]1CCCCC/C=C\[C@@H]2C[C@@]2(C(=O)NS(=O)(=O)C2CC2)CC(=O)[C@@H]2C[C@@H](OC(=O)N3Cc4cccc(F)c4C3)CN2C1=O.[N-]=NNNN=O.[Na+]. The molecular formula is C55H76FN10NaO14S2. The number of fused-ring (bicyclic) bond motifs is 5. The van der Waals surface area contributed by atoms with Gasteiger partial charge in [-0.1, -0.05) is 76.0 Å². The fraction of sp³-hybridized carbons (Fsp3) is 0.691. The zero-order valence-electron chi connectivity index (χ0n) is 47.4. The Balaban J connectivity index is 0.000000223. The molecule has 0 aromatic heterocycles. The number of carbonyl (C=O) groups is 7. The number of halogens is 1. The van der Waals surface area contributed by atoms with Gasteiger partial charge in [0.1, 0.15) is 11.9 Å². The number of ether oxygens (including phenoxy) is 1. The topological polar surface area (TPSA) is 339 Å². The molecular weight excluding hydrogens is 1130 g/mol. The number of rotatable bonds is 10.